The molecule has 26 heavy (non-hydrogen) atoms. The first-order valence-corrected chi connectivity index (χ1v) is 9.38. The Morgan fingerprint density at radius 2 is 1.73 bits per heavy atom. The Morgan fingerprint density at radius 1 is 1.00 bits per heavy atom. The van der Waals surface area contributed by atoms with Crippen LogP contribution in [0.4, 0.5) is 5.69 Å². The predicted molar refractivity (Wildman–Crippen MR) is 99.2 cm³/mol. The number of hydrogen-bond acceptors (Lipinski definition) is 5. The van der Waals surface area contributed by atoms with Gasteiger partial charge in [0.15, 0.2) is 0 Å². The number of benzene rings is 2. The van der Waals surface area contributed by atoms with E-state index in [2.05, 4.69) is 9.97 Å². The van der Waals surface area contributed by atoms with Crippen LogP contribution in [0.15, 0.2) is 82.8 Å². The van der Waals surface area contributed by atoms with E-state index in [9.17, 15) is 8.42 Å². The molecule has 2 aromatic heterocycles. The van der Waals surface area contributed by atoms with Gasteiger partial charge in [-0.2, -0.15) is 12.2 Å². The molecule has 130 valence electrons. The number of rotatable bonds is 4. The van der Waals surface area contributed by atoms with Gasteiger partial charge in [0, 0.05) is 40.7 Å². The lowest BCUT2D eigenvalue weighted by Crippen LogP contribution is -2.21. The maximum Gasteiger partial charge on any atom is 0.278 e. The van der Waals surface area contributed by atoms with Gasteiger partial charge in [0.05, 0.1) is 16.8 Å². The average Bonchev–Trinajstić information content (AvgIpc) is 3.16. The van der Waals surface area contributed by atoms with Crippen LogP contribution in [0, 0.1) is 0 Å². The lowest BCUT2D eigenvalue weighted by molar-refractivity contribution is 0.598. The molecule has 0 aliphatic rings. The Balaban J connectivity index is 1.88. The maximum atomic E-state index is 12.8. The number of anilines is 1. The third kappa shape index (κ3) is 2.81. The van der Waals surface area contributed by atoms with Crippen LogP contribution in [0.2, 0.25) is 0 Å². The molecule has 0 amide bonds. The fourth-order valence-corrected chi connectivity index (χ4v) is 4.05. The molecule has 8 heteroatoms. The summed E-state index contributed by atoms with van der Waals surface area (Å²) in [5.74, 6) is 0. The SMILES string of the molecule is O=S(=O)(c1ccccc1)N(Cl)c1cc(-c2cncnc2)c2occc2c1. The first kappa shape index (κ1) is 16.6. The summed E-state index contributed by atoms with van der Waals surface area (Å²) in [6.07, 6.45) is 6.20. The minimum absolute atomic E-state index is 0.104. The Kier molecular flexibility index (Phi) is 4.10. The summed E-state index contributed by atoms with van der Waals surface area (Å²) in [6, 6.07) is 13.0. The summed E-state index contributed by atoms with van der Waals surface area (Å²) in [7, 11) is -3.91. The van der Waals surface area contributed by atoms with Crippen molar-refractivity contribution in [2.75, 3.05) is 3.82 Å². The normalized spacial score (nSPS) is 11.6. The summed E-state index contributed by atoms with van der Waals surface area (Å²) in [6.45, 7) is 0. The number of fused-ring (bicyclic) bond motifs is 1. The summed E-state index contributed by atoms with van der Waals surface area (Å²) in [4.78, 5) is 8.11. The van der Waals surface area contributed by atoms with Crippen LogP contribution in [0.5, 0.6) is 0 Å². The van der Waals surface area contributed by atoms with E-state index in [1.165, 1.54) is 24.7 Å². The molecule has 4 aromatic rings. The monoisotopic (exact) mass is 385 g/mol. The second-order valence-electron chi connectivity index (χ2n) is 5.49. The van der Waals surface area contributed by atoms with Crippen LogP contribution in [-0.2, 0) is 10.0 Å². The van der Waals surface area contributed by atoms with Crippen LogP contribution < -0.4 is 3.82 Å². The van der Waals surface area contributed by atoms with Crippen molar-refractivity contribution >= 4 is 38.5 Å². The molecule has 0 N–H and O–H groups in total. The van der Waals surface area contributed by atoms with Crippen molar-refractivity contribution in [3.63, 3.8) is 0 Å². The smallest absolute Gasteiger partial charge is 0.278 e. The van der Waals surface area contributed by atoms with Crippen molar-refractivity contribution < 1.29 is 12.8 Å². The van der Waals surface area contributed by atoms with Gasteiger partial charge >= 0.3 is 0 Å². The number of aromatic nitrogens is 2. The van der Waals surface area contributed by atoms with Gasteiger partial charge in [0.25, 0.3) is 10.0 Å². The quantitative estimate of drug-likeness (QED) is 0.491. The Bertz CT molecular complexity index is 1160. The van der Waals surface area contributed by atoms with Gasteiger partial charge in [-0.1, -0.05) is 18.2 Å². The fraction of sp³-hybridized carbons (Fsp3) is 0. The van der Waals surface area contributed by atoms with Gasteiger partial charge in [-0.15, -0.1) is 0 Å². The van der Waals surface area contributed by atoms with Gasteiger partial charge in [-0.3, -0.25) is 0 Å². The van der Waals surface area contributed by atoms with E-state index >= 15 is 0 Å². The van der Waals surface area contributed by atoms with Gasteiger partial charge in [-0.25, -0.2) is 9.97 Å². The highest BCUT2D eigenvalue weighted by atomic mass is 35.5. The predicted octanol–water partition coefficient (Wildman–Crippen LogP) is 4.24. The zero-order chi connectivity index (χ0) is 18.1. The van der Waals surface area contributed by atoms with Gasteiger partial charge in [0.1, 0.15) is 11.9 Å². The van der Waals surface area contributed by atoms with Crippen molar-refractivity contribution in [2.45, 2.75) is 4.90 Å². The minimum atomic E-state index is -3.91. The molecule has 0 aliphatic carbocycles. The molecule has 2 heterocycles. The third-order valence-electron chi connectivity index (χ3n) is 3.86. The Morgan fingerprint density at radius 3 is 2.46 bits per heavy atom. The third-order valence-corrected chi connectivity index (χ3v) is 6.10. The van der Waals surface area contributed by atoms with Crippen LogP contribution >= 0.6 is 11.8 Å². The largest absolute Gasteiger partial charge is 0.464 e. The molecule has 0 spiro atoms. The lowest BCUT2D eigenvalue weighted by Gasteiger charge is -2.17. The van der Waals surface area contributed by atoms with E-state index in [1.54, 1.807) is 48.8 Å². The zero-order valence-electron chi connectivity index (χ0n) is 13.3. The topological polar surface area (TPSA) is 76.3 Å². The van der Waals surface area contributed by atoms with Crippen LogP contribution in [0.1, 0.15) is 0 Å². The molecule has 0 bridgehead atoms. The summed E-state index contributed by atoms with van der Waals surface area (Å²) in [5.41, 5.74) is 2.24. The standard InChI is InChI=1S/C18H12ClN3O3S/c19-22(26(23,24)16-4-2-1-3-5-16)15-8-13-6-7-25-18(13)17(9-15)14-10-20-12-21-11-14/h1-12H. The van der Waals surface area contributed by atoms with Crippen LogP contribution in [-0.4, -0.2) is 18.4 Å². The Hall–Kier alpha value is -2.90. The number of sulfonamides is 1. The lowest BCUT2D eigenvalue weighted by atomic mass is 10.1. The van der Waals surface area contributed by atoms with Gasteiger partial charge in [-0.05, 0) is 30.3 Å². The van der Waals surface area contributed by atoms with Crippen molar-refractivity contribution in [3.05, 3.63) is 73.5 Å². The molecular weight excluding hydrogens is 374 g/mol. The summed E-state index contributed by atoms with van der Waals surface area (Å²) in [5, 5.41) is 0.718. The molecule has 0 aliphatic heterocycles. The van der Waals surface area contributed by atoms with E-state index in [1.807, 2.05) is 0 Å². The van der Waals surface area contributed by atoms with Crippen molar-refractivity contribution in [2.24, 2.45) is 0 Å². The molecule has 0 saturated carbocycles. The molecule has 0 atom stereocenters. The highest BCUT2D eigenvalue weighted by molar-refractivity contribution is 7.94. The number of nitrogens with zero attached hydrogens (tertiary/aromatic N) is 3. The fourth-order valence-electron chi connectivity index (χ4n) is 2.64. The number of halogens is 1. The first-order valence-electron chi connectivity index (χ1n) is 7.60. The van der Waals surface area contributed by atoms with E-state index in [0.717, 1.165) is 9.21 Å². The van der Waals surface area contributed by atoms with E-state index in [0.29, 0.717) is 22.4 Å². The number of hydrogen-bond donors (Lipinski definition) is 0. The highest BCUT2D eigenvalue weighted by Gasteiger charge is 2.25. The summed E-state index contributed by atoms with van der Waals surface area (Å²) >= 11 is 6.24. The second-order valence-corrected chi connectivity index (χ2v) is 7.82. The van der Waals surface area contributed by atoms with E-state index in [-0.39, 0.29) is 4.90 Å². The molecule has 0 unspecified atom stereocenters. The molecule has 0 fully saturated rings. The second kappa shape index (κ2) is 6.44. The molecule has 6 nitrogen and oxygen atoms in total. The zero-order valence-corrected chi connectivity index (χ0v) is 14.9. The summed E-state index contributed by atoms with van der Waals surface area (Å²) < 4.78 is 31.9. The molecule has 0 radical (unpaired) electrons. The van der Waals surface area contributed by atoms with Crippen LogP contribution in [0.25, 0.3) is 22.1 Å². The highest BCUT2D eigenvalue weighted by Crippen LogP contribution is 2.36. The van der Waals surface area contributed by atoms with Gasteiger partial charge in [0.2, 0.25) is 0 Å². The van der Waals surface area contributed by atoms with Crippen molar-refractivity contribution in [3.8, 4) is 11.1 Å². The number of furan rings is 1. The van der Waals surface area contributed by atoms with E-state index < -0.39 is 10.0 Å². The molecule has 0 saturated heterocycles. The first-order chi connectivity index (χ1) is 12.6. The Labute approximate surface area is 154 Å². The van der Waals surface area contributed by atoms with Crippen molar-refractivity contribution in [1.29, 1.82) is 0 Å². The molecular formula is C18H12ClN3O3S. The van der Waals surface area contributed by atoms with Crippen molar-refractivity contribution in [1.82, 2.24) is 9.97 Å². The molecule has 4 rings (SSSR count). The molecule has 2 aromatic carbocycles. The van der Waals surface area contributed by atoms with Gasteiger partial charge < -0.3 is 4.42 Å². The van der Waals surface area contributed by atoms with Crippen LogP contribution in [0.3, 0.4) is 0 Å². The van der Waals surface area contributed by atoms with E-state index in [4.69, 9.17) is 16.2 Å². The maximum absolute atomic E-state index is 12.8. The minimum Gasteiger partial charge on any atom is -0.464 e. The average molecular weight is 386 g/mol.